The molecule has 2 heterocycles. The fraction of sp³-hybridized carbons (Fsp3) is 0.400. The molecule has 2 aromatic rings. The van der Waals surface area contributed by atoms with Gasteiger partial charge in [0.15, 0.2) is 11.5 Å². The van der Waals surface area contributed by atoms with E-state index in [1.807, 2.05) is 20.8 Å². The molecule has 2 aromatic heterocycles. The van der Waals surface area contributed by atoms with Crippen LogP contribution >= 0.6 is 0 Å². The first-order valence-corrected chi connectivity index (χ1v) is 5.16. The Morgan fingerprint density at radius 2 is 2.06 bits per heavy atom. The van der Waals surface area contributed by atoms with Gasteiger partial charge in [0, 0.05) is 12.2 Å². The summed E-state index contributed by atoms with van der Waals surface area (Å²) in [6, 6.07) is 0.268. The number of nitrogen functional groups attached to an aromatic ring is 2. The number of hydrogen-bond donors (Lipinski definition) is 3. The van der Waals surface area contributed by atoms with Crippen LogP contribution in [0.4, 0.5) is 11.5 Å². The molecule has 86 valence electrons. The van der Waals surface area contributed by atoms with Crippen molar-refractivity contribution in [3.63, 3.8) is 0 Å². The average Bonchev–Trinajstić information content (AvgIpc) is 2.72. The standard InChI is InChI=1S/C10H16N6/c1-5(2)16-4-7(11)8(15-16)10-13-6(3)9(12)14-10/h4-5H,11-12H2,1-3H3,(H,13,14). The Morgan fingerprint density at radius 1 is 1.38 bits per heavy atom. The van der Waals surface area contributed by atoms with Crippen molar-refractivity contribution in [3.8, 4) is 11.5 Å². The summed E-state index contributed by atoms with van der Waals surface area (Å²) in [5.41, 5.74) is 13.6. The monoisotopic (exact) mass is 220 g/mol. The molecule has 0 bridgehead atoms. The van der Waals surface area contributed by atoms with Crippen molar-refractivity contribution in [2.24, 2.45) is 0 Å². The van der Waals surface area contributed by atoms with Gasteiger partial charge in [0.2, 0.25) is 0 Å². The van der Waals surface area contributed by atoms with E-state index in [9.17, 15) is 0 Å². The topological polar surface area (TPSA) is 98.5 Å². The highest BCUT2D eigenvalue weighted by molar-refractivity contribution is 5.68. The van der Waals surface area contributed by atoms with Crippen molar-refractivity contribution in [1.82, 2.24) is 19.7 Å². The summed E-state index contributed by atoms with van der Waals surface area (Å²) in [5.74, 6) is 1.17. The van der Waals surface area contributed by atoms with E-state index in [-0.39, 0.29) is 6.04 Å². The highest BCUT2D eigenvalue weighted by Gasteiger charge is 2.14. The van der Waals surface area contributed by atoms with Gasteiger partial charge in [-0.1, -0.05) is 0 Å². The summed E-state index contributed by atoms with van der Waals surface area (Å²) in [5, 5.41) is 4.38. The van der Waals surface area contributed by atoms with E-state index in [4.69, 9.17) is 11.5 Å². The minimum absolute atomic E-state index is 0.268. The van der Waals surface area contributed by atoms with Crippen LogP contribution in [0.1, 0.15) is 25.6 Å². The second-order valence-electron chi connectivity index (χ2n) is 4.09. The minimum Gasteiger partial charge on any atom is -0.396 e. The molecule has 0 spiro atoms. The largest absolute Gasteiger partial charge is 0.396 e. The fourth-order valence-corrected chi connectivity index (χ4v) is 1.44. The number of imidazole rings is 1. The van der Waals surface area contributed by atoms with Crippen LogP contribution in [-0.2, 0) is 0 Å². The summed E-state index contributed by atoms with van der Waals surface area (Å²) < 4.78 is 1.80. The minimum atomic E-state index is 0.268. The highest BCUT2D eigenvalue weighted by Crippen LogP contribution is 2.24. The molecule has 0 saturated carbocycles. The smallest absolute Gasteiger partial charge is 0.161 e. The molecule has 0 aromatic carbocycles. The SMILES string of the molecule is Cc1nc(-c2nn(C(C)C)cc2N)[nH]c1N. The Balaban J connectivity index is 2.47. The molecular weight excluding hydrogens is 204 g/mol. The van der Waals surface area contributed by atoms with Crippen LogP contribution < -0.4 is 11.5 Å². The van der Waals surface area contributed by atoms with Crippen molar-refractivity contribution in [1.29, 1.82) is 0 Å². The lowest BCUT2D eigenvalue weighted by Crippen LogP contribution is -2.00. The third kappa shape index (κ3) is 1.62. The van der Waals surface area contributed by atoms with Crippen molar-refractivity contribution >= 4 is 11.5 Å². The van der Waals surface area contributed by atoms with Gasteiger partial charge in [-0.15, -0.1) is 0 Å². The van der Waals surface area contributed by atoms with Crippen molar-refractivity contribution in [3.05, 3.63) is 11.9 Å². The van der Waals surface area contributed by atoms with Gasteiger partial charge in [-0.05, 0) is 20.8 Å². The lowest BCUT2D eigenvalue weighted by atomic mass is 10.3. The summed E-state index contributed by atoms with van der Waals surface area (Å²) in [6.07, 6.45) is 1.80. The molecule has 0 aliphatic carbocycles. The van der Waals surface area contributed by atoms with Gasteiger partial charge in [-0.3, -0.25) is 4.68 Å². The zero-order valence-electron chi connectivity index (χ0n) is 9.65. The molecule has 0 amide bonds. The second-order valence-corrected chi connectivity index (χ2v) is 4.09. The number of aromatic nitrogens is 4. The lowest BCUT2D eigenvalue weighted by Gasteiger charge is -2.02. The first-order chi connectivity index (χ1) is 7.49. The van der Waals surface area contributed by atoms with Crippen LogP contribution in [0.5, 0.6) is 0 Å². The quantitative estimate of drug-likeness (QED) is 0.710. The maximum Gasteiger partial charge on any atom is 0.161 e. The van der Waals surface area contributed by atoms with Crippen LogP contribution in [0.25, 0.3) is 11.5 Å². The van der Waals surface area contributed by atoms with Gasteiger partial charge < -0.3 is 16.5 Å². The number of nitrogens with zero attached hydrogens (tertiary/aromatic N) is 3. The molecule has 6 heteroatoms. The van der Waals surface area contributed by atoms with Gasteiger partial charge in [0.25, 0.3) is 0 Å². The van der Waals surface area contributed by atoms with Gasteiger partial charge in [-0.25, -0.2) is 4.98 Å². The third-order valence-electron chi connectivity index (χ3n) is 2.44. The van der Waals surface area contributed by atoms with Gasteiger partial charge >= 0.3 is 0 Å². The van der Waals surface area contributed by atoms with E-state index >= 15 is 0 Å². The zero-order chi connectivity index (χ0) is 11.9. The van der Waals surface area contributed by atoms with E-state index in [1.165, 1.54) is 0 Å². The number of aromatic amines is 1. The Labute approximate surface area is 93.7 Å². The van der Waals surface area contributed by atoms with Crippen molar-refractivity contribution < 1.29 is 0 Å². The molecule has 0 aliphatic rings. The molecule has 0 aliphatic heterocycles. The molecule has 5 N–H and O–H groups in total. The summed E-state index contributed by atoms with van der Waals surface area (Å²) in [6.45, 7) is 5.92. The normalized spacial score (nSPS) is 11.2. The third-order valence-corrected chi connectivity index (χ3v) is 2.44. The number of hydrogen-bond acceptors (Lipinski definition) is 4. The maximum atomic E-state index is 5.89. The second kappa shape index (κ2) is 3.55. The van der Waals surface area contributed by atoms with E-state index in [1.54, 1.807) is 10.9 Å². The number of anilines is 2. The first kappa shape index (κ1) is 10.5. The number of H-pyrrole nitrogens is 1. The Hall–Kier alpha value is -1.98. The molecule has 0 atom stereocenters. The van der Waals surface area contributed by atoms with Crippen LogP contribution in [0.3, 0.4) is 0 Å². The molecular formula is C10H16N6. The summed E-state index contributed by atoms with van der Waals surface area (Å²) in [7, 11) is 0. The fourth-order valence-electron chi connectivity index (χ4n) is 1.44. The molecule has 0 fully saturated rings. The number of rotatable bonds is 2. The van der Waals surface area contributed by atoms with Gasteiger partial charge in [-0.2, -0.15) is 5.10 Å². The molecule has 6 nitrogen and oxygen atoms in total. The lowest BCUT2D eigenvalue weighted by molar-refractivity contribution is 0.534. The van der Waals surface area contributed by atoms with Gasteiger partial charge in [0.1, 0.15) is 5.82 Å². The predicted molar refractivity (Wildman–Crippen MR) is 63.8 cm³/mol. The highest BCUT2D eigenvalue weighted by atomic mass is 15.3. The van der Waals surface area contributed by atoms with E-state index in [0.717, 1.165) is 5.69 Å². The van der Waals surface area contributed by atoms with Crippen molar-refractivity contribution in [2.45, 2.75) is 26.8 Å². The van der Waals surface area contributed by atoms with E-state index in [0.29, 0.717) is 23.0 Å². The Kier molecular flexibility index (Phi) is 2.34. The summed E-state index contributed by atoms with van der Waals surface area (Å²) >= 11 is 0. The molecule has 0 radical (unpaired) electrons. The molecule has 2 rings (SSSR count). The molecule has 16 heavy (non-hydrogen) atoms. The van der Waals surface area contributed by atoms with Crippen LogP contribution in [0, 0.1) is 6.92 Å². The van der Waals surface area contributed by atoms with Crippen LogP contribution in [0.2, 0.25) is 0 Å². The Morgan fingerprint density at radius 3 is 2.50 bits per heavy atom. The van der Waals surface area contributed by atoms with E-state index in [2.05, 4.69) is 15.1 Å². The average molecular weight is 220 g/mol. The molecule has 0 unspecified atom stereocenters. The predicted octanol–water partition coefficient (Wildman–Crippen LogP) is 1.33. The summed E-state index contributed by atoms with van der Waals surface area (Å²) in [4.78, 5) is 7.24. The van der Waals surface area contributed by atoms with Gasteiger partial charge in [0.05, 0.1) is 11.4 Å². The first-order valence-electron chi connectivity index (χ1n) is 5.16. The number of nitrogens with one attached hydrogen (secondary N) is 1. The van der Waals surface area contributed by atoms with Crippen molar-refractivity contribution in [2.75, 3.05) is 11.5 Å². The number of aryl methyl sites for hydroxylation is 1. The van der Waals surface area contributed by atoms with Crippen LogP contribution in [-0.4, -0.2) is 19.7 Å². The maximum absolute atomic E-state index is 5.89. The van der Waals surface area contributed by atoms with E-state index < -0.39 is 0 Å². The zero-order valence-corrected chi connectivity index (χ0v) is 9.65. The Bertz CT molecular complexity index is 488. The number of nitrogens with two attached hydrogens (primary N) is 2. The van der Waals surface area contributed by atoms with Crippen LogP contribution in [0.15, 0.2) is 6.20 Å². The molecule has 0 saturated heterocycles.